The molecule has 0 radical (unpaired) electrons. The lowest BCUT2D eigenvalue weighted by atomic mass is 9.78. The third-order valence-electron chi connectivity index (χ3n) is 3.24. The van der Waals surface area contributed by atoms with Gasteiger partial charge in [-0.3, -0.25) is 0 Å². The van der Waals surface area contributed by atoms with Crippen LogP contribution >= 0.6 is 11.6 Å². The maximum atomic E-state index is 10.5. The van der Waals surface area contributed by atoms with Gasteiger partial charge in [-0.2, -0.15) is 0 Å². The lowest BCUT2D eigenvalue weighted by molar-refractivity contribution is -0.00495. The van der Waals surface area contributed by atoms with Crippen LogP contribution in [0.15, 0.2) is 24.3 Å². The molecule has 1 fully saturated rings. The number of aliphatic hydroxyl groups is 1. The van der Waals surface area contributed by atoms with Gasteiger partial charge in [-0.05, 0) is 43.4 Å². The minimum atomic E-state index is -0.694. The van der Waals surface area contributed by atoms with Crippen molar-refractivity contribution in [1.29, 1.82) is 0 Å². The van der Waals surface area contributed by atoms with Gasteiger partial charge < -0.3 is 10.8 Å². The zero-order chi connectivity index (χ0) is 10.9. The summed E-state index contributed by atoms with van der Waals surface area (Å²) in [7, 11) is 0. The smallest absolute Gasteiger partial charge is 0.0897 e. The molecule has 1 aromatic carbocycles. The number of nitrogens with two attached hydrogens (primary N) is 1. The Hall–Kier alpha value is -0.570. The van der Waals surface area contributed by atoms with Crippen molar-refractivity contribution in [3.8, 4) is 0 Å². The molecule has 0 aromatic heterocycles. The zero-order valence-corrected chi connectivity index (χ0v) is 9.37. The normalized spacial score (nSPS) is 31.5. The lowest BCUT2D eigenvalue weighted by Crippen LogP contribution is -2.36. The van der Waals surface area contributed by atoms with Crippen molar-refractivity contribution in [2.24, 2.45) is 5.73 Å². The predicted octanol–water partition coefficient (Wildman–Crippen LogP) is 2.43. The fourth-order valence-electron chi connectivity index (χ4n) is 2.17. The molecule has 0 heterocycles. The summed E-state index contributed by atoms with van der Waals surface area (Å²) in [6, 6.07) is 7.70. The Labute approximate surface area is 95.1 Å². The maximum Gasteiger partial charge on any atom is 0.0897 e. The second-order valence-electron chi connectivity index (χ2n) is 4.38. The molecule has 0 amide bonds. The zero-order valence-electron chi connectivity index (χ0n) is 8.62. The van der Waals surface area contributed by atoms with Crippen LogP contribution in [-0.4, -0.2) is 11.1 Å². The SMILES string of the molecule is NC1CCC(O)(c2ccc(Cl)cc2)CC1. The van der Waals surface area contributed by atoms with Crippen molar-refractivity contribution < 1.29 is 5.11 Å². The Morgan fingerprint density at radius 2 is 1.73 bits per heavy atom. The van der Waals surface area contributed by atoms with Crippen molar-refractivity contribution in [3.05, 3.63) is 34.9 Å². The van der Waals surface area contributed by atoms with Gasteiger partial charge in [0.1, 0.15) is 0 Å². The van der Waals surface area contributed by atoms with E-state index in [9.17, 15) is 5.11 Å². The lowest BCUT2D eigenvalue weighted by Gasteiger charge is -2.35. The monoisotopic (exact) mass is 225 g/mol. The highest BCUT2D eigenvalue weighted by Crippen LogP contribution is 2.36. The third-order valence-corrected chi connectivity index (χ3v) is 3.49. The molecular weight excluding hydrogens is 210 g/mol. The first-order valence-electron chi connectivity index (χ1n) is 5.34. The number of rotatable bonds is 1. The molecule has 2 nitrogen and oxygen atoms in total. The molecule has 1 aromatic rings. The van der Waals surface area contributed by atoms with Gasteiger partial charge >= 0.3 is 0 Å². The summed E-state index contributed by atoms with van der Waals surface area (Å²) in [5.41, 5.74) is 6.09. The Morgan fingerprint density at radius 3 is 2.27 bits per heavy atom. The van der Waals surface area contributed by atoms with E-state index < -0.39 is 5.60 Å². The molecule has 15 heavy (non-hydrogen) atoms. The standard InChI is InChI=1S/C12H16ClNO/c13-10-3-1-9(2-4-10)12(15)7-5-11(14)6-8-12/h1-4,11,15H,5-8,14H2. The van der Waals surface area contributed by atoms with E-state index >= 15 is 0 Å². The molecule has 0 atom stereocenters. The highest BCUT2D eigenvalue weighted by Gasteiger charge is 2.33. The van der Waals surface area contributed by atoms with Crippen LogP contribution in [0.3, 0.4) is 0 Å². The highest BCUT2D eigenvalue weighted by atomic mass is 35.5. The van der Waals surface area contributed by atoms with Gasteiger partial charge in [0, 0.05) is 11.1 Å². The second-order valence-corrected chi connectivity index (χ2v) is 4.81. The molecule has 3 heteroatoms. The van der Waals surface area contributed by atoms with E-state index in [4.69, 9.17) is 17.3 Å². The largest absolute Gasteiger partial charge is 0.385 e. The summed E-state index contributed by atoms with van der Waals surface area (Å²) in [6.07, 6.45) is 3.27. The van der Waals surface area contributed by atoms with Crippen molar-refractivity contribution in [2.45, 2.75) is 37.3 Å². The van der Waals surface area contributed by atoms with Crippen molar-refractivity contribution in [1.82, 2.24) is 0 Å². The minimum Gasteiger partial charge on any atom is -0.385 e. The van der Waals surface area contributed by atoms with E-state index in [1.807, 2.05) is 24.3 Å². The van der Waals surface area contributed by atoms with E-state index in [1.54, 1.807) is 0 Å². The molecule has 3 N–H and O–H groups in total. The first-order chi connectivity index (χ1) is 7.10. The van der Waals surface area contributed by atoms with Crippen LogP contribution < -0.4 is 5.73 Å². The van der Waals surface area contributed by atoms with Gasteiger partial charge in [0.15, 0.2) is 0 Å². The molecular formula is C12H16ClNO. The molecule has 0 aliphatic heterocycles. The second kappa shape index (κ2) is 4.12. The Kier molecular flexibility index (Phi) is 3.01. The quantitative estimate of drug-likeness (QED) is 0.771. The molecule has 1 aliphatic rings. The number of hydrogen-bond acceptors (Lipinski definition) is 2. The molecule has 0 spiro atoms. The summed E-state index contributed by atoms with van der Waals surface area (Å²) >= 11 is 5.82. The van der Waals surface area contributed by atoms with Gasteiger partial charge in [-0.1, -0.05) is 23.7 Å². The summed E-state index contributed by atoms with van der Waals surface area (Å²) in [4.78, 5) is 0. The Bertz CT molecular complexity index is 328. The predicted molar refractivity (Wildman–Crippen MR) is 61.8 cm³/mol. The van der Waals surface area contributed by atoms with Gasteiger partial charge in [0.25, 0.3) is 0 Å². The molecule has 0 unspecified atom stereocenters. The van der Waals surface area contributed by atoms with E-state index in [2.05, 4.69) is 0 Å². The van der Waals surface area contributed by atoms with Crippen LogP contribution in [0.5, 0.6) is 0 Å². The molecule has 82 valence electrons. The molecule has 1 aliphatic carbocycles. The van der Waals surface area contributed by atoms with Crippen LogP contribution in [0.4, 0.5) is 0 Å². The van der Waals surface area contributed by atoms with E-state index in [0.29, 0.717) is 5.02 Å². The summed E-state index contributed by atoms with van der Waals surface area (Å²) in [5.74, 6) is 0. The summed E-state index contributed by atoms with van der Waals surface area (Å²) in [6.45, 7) is 0. The van der Waals surface area contributed by atoms with Crippen molar-refractivity contribution in [3.63, 3.8) is 0 Å². The highest BCUT2D eigenvalue weighted by molar-refractivity contribution is 6.30. The van der Waals surface area contributed by atoms with Crippen molar-refractivity contribution in [2.75, 3.05) is 0 Å². The van der Waals surface area contributed by atoms with Crippen LogP contribution in [-0.2, 0) is 5.60 Å². The topological polar surface area (TPSA) is 46.2 Å². The average Bonchev–Trinajstić information content (AvgIpc) is 2.24. The fourth-order valence-corrected chi connectivity index (χ4v) is 2.29. The van der Waals surface area contributed by atoms with Crippen LogP contribution in [0.25, 0.3) is 0 Å². The minimum absolute atomic E-state index is 0.248. The molecule has 0 saturated heterocycles. The molecule has 2 rings (SSSR count). The molecule has 1 saturated carbocycles. The summed E-state index contributed by atoms with van der Waals surface area (Å²) < 4.78 is 0. The van der Waals surface area contributed by atoms with Gasteiger partial charge in [-0.25, -0.2) is 0 Å². The number of benzene rings is 1. The Balaban J connectivity index is 2.18. The first kappa shape index (κ1) is 10.9. The fraction of sp³-hybridized carbons (Fsp3) is 0.500. The van der Waals surface area contributed by atoms with Gasteiger partial charge in [-0.15, -0.1) is 0 Å². The Morgan fingerprint density at radius 1 is 1.20 bits per heavy atom. The van der Waals surface area contributed by atoms with Crippen molar-refractivity contribution >= 4 is 11.6 Å². The van der Waals surface area contributed by atoms with E-state index in [-0.39, 0.29) is 6.04 Å². The first-order valence-corrected chi connectivity index (χ1v) is 5.72. The third kappa shape index (κ3) is 2.33. The average molecular weight is 226 g/mol. The maximum absolute atomic E-state index is 10.5. The number of hydrogen-bond donors (Lipinski definition) is 2. The summed E-state index contributed by atoms with van der Waals surface area (Å²) in [5, 5.41) is 11.2. The van der Waals surface area contributed by atoms with Gasteiger partial charge in [0.2, 0.25) is 0 Å². The van der Waals surface area contributed by atoms with E-state index in [0.717, 1.165) is 31.2 Å². The van der Waals surface area contributed by atoms with Gasteiger partial charge in [0.05, 0.1) is 5.60 Å². The van der Waals surface area contributed by atoms with Crippen LogP contribution in [0.2, 0.25) is 5.02 Å². The van der Waals surface area contributed by atoms with Crippen LogP contribution in [0, 0.1) is 0 Å². The van der Waals surface area contributed by atoms with E-state index in [1.165, 1.54) is 0 Å². The molecule has 0 bridgehead atoms. The number of halogens is 1. The van der Waals surface area contributed by atoms with Crippen LogP contribution in [0.1, 0.15) is 31.2 Å².